The average Bonchev–Trinajstić information content (AvgIpc) is 3.29. The Hall–Kier alpha value is -2.05. The lowest BCUT2D eigenvalue weighted by atomic mass is 10.1. The summed E-state index contributed by atoms with van der Waals surface area (Å²) in [5, 5.41) is 0. The molecule has 0 spiro atoms. The molecule has 2 aliphatic rings. The van der Waals surface area contributed by atoms with Gasteiger partial charge in [0.05, 0.1) is 0 Å². The minimum Gasteiger partial charge on any atom is -0.369 e. The molecule has 2 saturated carbocycles. The number of aromatic amines is 1. The van der Waals surface area contributed by atoms with E-state index in [1.54, 1.807) is 4.57 Å². The average molecular weight is 331 g/mol. The lowest BCUT2D eigenvalue weighted by Gasteiger charge is -2.16. The summed E-state index contributed by atoms with van der Waals surface area (Å²) in [5.74, 6) is 1.11. The van der Waals surface area contributed by atoms with E-state index < -0.39 is 0 Å². The van der Waals surface area contributed by atoms with Crippen LogP contribution in [0, 0.1) is 11.8 Å². The van der Waals surface area contributed by atoms with Gasteiger partial charge in [0.25, 0.3) is 5.56 Å². The summed E-state index contributed by atoms with van der Waals surface area (Å²) in [5.41, 5.74) is 6.04. The molecule has 0 aromatic carbocycles. The highest BCUT2D eigenvalue weighted by Crippen LogP contribution is 2.27. The van der Waals surface area contributed by atoms with Crippen molar-refractivity contribution >= 4 is 17.1 Å². The highest BCUT2D eigenvalue weighted by molar-refractivity contribution is 5.72. The summed E-state index contributed by atoms with van der Waals surface area (Å²) >= 11 is 0. The van der Waals surface area contributed by atoms with Crippen LogP contribution in [-0.2, 0) is 13.1 Å². The summed E-state index contributed by atoms with van der Waals surface area (Å²) < 4.78 is 3.08. The Morgan fingerprint density at radius 3 is 2.08 bits per heavy atom. The van der Waals surface area contributed by atoms with Crippen LogP contribution in [-0.4, -0.2) is 19.1 Å². The number of fused-ring (bicyclic) bond motifs is 1. The van der Waals surface area contributed by atoms with Gasteiger partial charge in [-0.05, 0) is 37.5 Å². The van der Waals surface area contributed by atoms with E-state index in [0.29, 0.717) is 36.1 Å². The molecule has 7 heteroatoms. The number of nitrogens with zero attached hydrogens (tertiary/aromatic N) is 3. The Morgan fingerprint density at radius 2 is 1.50 bits per heavy atom. The Balaban J connectivity index is 1.81. The van der Waals surface area contributed by atoms with Crippen molar-refractivity contribution in [3.63, 3.8) is 0 Å². The Bertz CT molecular complexity index is 850. The Labute approximate surface area is 139 Å². The minimum absolute atomic E-state index is 0.195. The van der Waals surface area contributed by atoms with Crippen LogP contribution in [0.25, 0.3) is 11.2 Å². The van der Waals surface area contributed by atoms with Crippen molar-refractivity contribution in [1.29, 1.82) is 0 Å². The number of anilines is 1. The predicted molar refractivity (Wildman–Crippen MR) is 92.9 cm³/mol. The van der Waals surface area contributed by atoms with E-state index in [4.69, 9.17) is 5.73 Å². The highest BCUT2D eigenvalue weighted by atomic mass is 16.2. The Morgan fingerprint density at radius 1 is 0.958 bits per heavy atom. The summed E-state index contributed by atoms with van der Waals surface area (Å²) in [6.45, 7) is 1.14. The summed E-state index contributed by atoms with van der Waals surface area (Å²) in [6.07, 6.45) is 9.27. The van der Waals surface area contributed by atoms with Gasteiger partial charge >= 0.3 is 5.69 Å². The third-order valence-corrected chi connectivity index (χ3v) is 5.71. The van der Waals surface area contributed by atoms with Crippen molar-refractivity contribution in [2.45, 2.75) is 64.5 Å². The molecular weight excluding hydrogens is 306 g/mol. The molecule has 0 radical (unpaired) electrons. The van der Waals surface area contributed by atoms with Gasteiger partial charge in [-0.1, -0.05) is 25.7 Å². The number of nitrogens with two attached hydrogens (primary N) is 1. The molecule has 0 amide bonds. The highest BCUT2D eigenvalue weighted by Gasteiger charge is 2.24. The van der Waals surface area contributed by atoms with Gasteiger partial charge in [-0.15, -0.1) is 0 Å². The molecule has 2 aromatic heterocycles. The van der Waals surface area contributed by atoms with E-state index in [1.807, 2.05) is 0 Å². The third-order valence-electron chi connectivity index (χ3n) is 5.71. The van der Waals surface area contributed by atoms with Gasteiger partial charge in [0.15, 0.2) is 17.1 Å². The van der Waals surface area contributed by atoms with Crippen LogP contribution in [0.1, 0.15) is 51.4 Å². The normalized spacial score (nSPS) is 19.7. The second kappa shape index (κ2) is 6.11. The first-order valence-corrected chi connectivity index (χ1v) is 9.12. The van der Waals surface area contributed by atoms with Crippen LogP contribution in [0.2, 0.25) is 0 Å². The van der Waals surface area contributed by atoms with E-state index in [1.165, 1.54) is 30.3 Å². The lowest BCUT2D eigenvalue weighted by Crippen LogP contribution is -2.42. The molecule has 2 aliphatic carbocycles. The maximum Gasteiger partial charge on any atom is 0.332 e. The molecule has 7 nitrogen and oxygen atoms in total. The van der Waals surface area contributed by atoms with Gasteiger partial charge in [-0.3, -0.25) is 13.9 Å². The van der Waals surface area contributed by atoms with Gasteiger partial charge < -0.3 is 10.7 Å². The minimum atomic E-state index is -0.284. The molecule has 0 atom stereocenters. The number of aromatic nitrogens is 4. The van der Waals surface area contributed by atoms with Crippen molar-refractivity contribution in [2.24, 2.45) is 11.8 Å². The van der Waals surface area contributed by atoms with Crippen LogP contribution in [0.15, 0.2) is 9.59 Å². The fourth-order valence-corrected chi connectivity index (χ4v) is 4.41. The molecule has 2 fully saturated rings. The number of nitrogen functional groups attached to an aromatic ring is 1. The number of imidazole rings is 1. The number of rotatable bonds is 4. The van der Waals surface area contributed by atoms with E-state index in [2.05, 4.69) is 9.97 Å². The maximum absolute atomic E-state index is 13.0. The van der Waals surface area contributed by atoms with Crippen molar-refractivity contribution in [3.8, 4) is 0 Å². The third kappa shape index (κ3) is 2.65. The van der Waals surface area contributed by atoms with Crippen LogP contribution < -0.4 is 17.0 Å². The summed E-state index contributed by atoms with van der Waals surface area (Å²) in [6, 6.07) is 0. The largest absolute Gasteiger partial charge is 0.369 e. The number of hydrogen-bond acceptors (Lipinski definition) is 4. The second-order valence-corrected chi connectivity index (χ2v) is 7.43. The monoisotopic (exact) mass is 331 g/mol. The molecule has 130 valence electrons. The SMILES string of the molecule is Nc1nc2c([nH]1)c(=O)n(CC1CCCC1)c(=O)n2CC1CCCC1. The van der Waals surface area contributed by atoms with E-state index >= 15 is 0 Å². The molecule has 0 saturated heterocycles. The number of H-pyrrole nitrogens is 1. The Kier molecular flexibility index (Phi) is 3.94. The van der Waals surface area contributed by atoms with Gasteiger partial charge in [0.1, 0.15) is 0 Å². The first-order valence-electron chi connectivity index (χ1n) is 9.12. The zero-order valence-electron chi connectivity index (χ0n) is 14.0. The van der Waals surface area contributed by atoms with Crippen LogP contribution >= 0.6 is 0 Å². The first-order chi connectivity index (χ1) is 11.6. The maximum atomic E-state index is 13.0. The van der Waals surface area contributed by atoms with Gasteiger partial charge in [0.2, 0.25) is 0 Å². The van der Waals surface area contributed by atoms with Gasteiger partial charge in [-0.25, -0.2) is 4.79 Å². The molecule has 0 unspecified atom stereocenters. The predicted octanol–water partition coefficient (Wildman–Crippen LogP) is 1.85. The molecule has 2 aromatic rings. The zero-order valence-corrected chi connectivity index (χ0v) is 14.0. The molecule has 0 aliphatic heterocycles. The zero-order chi connectivity index (χ0) is 16.7. The smallest absolute Gasteiger partial charge is 0.332 e. The first kappa shape index (κ1) is 15.5. The number of nitrogens with one attached hydrogen (secondary N) is 1. The van der Waals surface area contributed by atoms with Gasteiger partial charge in [0, 0.05) is 13.1 Å². The van der Waals surface area contributed by atoms with Crippen LogP contribution in [0.3, 0.4) is 0 Å². The molecule has 24 heavy (non-hydrogen) atoms. The fourth-order valence-electron chi connectivity index (χ4n) is 4.41. The number of hydrogen-bond donors (Lipinski definition) is 2. The van der Waals surface area contributed by atoms with Crippen molar-refractivity contribution in [3.05, 3.63) is 20.8 Å². The van der Waals surface area contributed by atoms with E-state index in [-0.39, 0.29) is 17.2 Å². The topological polar surface area (TPSA) is 98.7 Å². The van der Waals surface area contributed by atoms with Crippen LogP contribution in [0.5, 0.6) is 0 Å². The molecule has 0 bridgehead atoms. The summed E-state index contributed by atoms with van der Waals surface area (Å²) in [7, 11) is 0. The van der Waals surface area contributed by atoms with Crippen molar-refractivity contribution in [1.82, 2.24) is 19.1 Å². The van der Waals surface area contributed by atoms with Crippen LogP contribution in [0.4, 0.5) is 5.95 Å². The molecule has 3 N–H and O–H groups in total. The van der Waals surface area contributed by atoms with Gasteiger partial charge in [-0.2, -0.15) is 4.98 Å². The lowest BCUT2D eigenvalue weighted by molar-refractivity contribution is 0.403. The van der Waals surface area contributed by atoms with E-state index in [9.17, 15) is 9.59 Å². The molecular formula is C17H25N5O2. The fraction of sp³-hybridized carbons (Fsp3) is 0.706. The van der Waals surface area contributed by atoms with E-state index in [0.717, 1.165) is 25.7 Å². The standard InChI is InChI=1S/C17H25N5O2/c18-16-19-13-14(20-16)21(9-11-5-1-2-6-11)17(24)22(15(13)23)10-12-7-3-4-8-12/h11-12H,1-10H2,(H3,18,19,20). The van der Waals surface area contributed by atoms with Crippen molar-refractivity contribution < 1.29 is 0 Å². The van der Waals surface area contributed by atoms with Crippen molar-refractivity contribution in [2.75, 3.05) is 5.73 Å². The quantitative estimate of drug-likeness (QED) is 0.893. The molecule has 4 rings (SSSR count). The summed E-state index contributed by atoms with van der Waals surface area (Å²) in [4.78, 5) is 32.9. The second-order valence-electron chi connectivity index (χ2n) is 7.43. The molecule has 2 heterocycles.